The summed E-state index contributed by atoms with van der Waals surface area (Å²) in [6, 6.07) is 16.6. The van der Waals surface area contributed by atoms with Gasteiger partial charge >= 0.3 is 0 Å². The van der Waals surface area contributed by atoms with Gasteiger partial charge in [0.2, 0.25) is 0 Å². The molecule has 1 unspecified atom stereocenters. The number of carbonyl (C=O) groups is 1. The van der Waals surface area contributed by atoms with Gasteiger partial charge in [0.15, 0.2) is 6.61 Å². The highest BCUT2D eigenvalue weighted by Gasteiger charge is 2.32. The van der Waals surface area contributed by atoms with E-state index in [1.54, 1.807) is 0 Å². The second-order valence-corrected chi connectivity index (χ2v) is 5.67. The van der Waals surface area contributed by atoms with Gasteiger partial charge in [-0.2, -0.15) is 0 Å². The van der Waals surface area contributed by atoms with Crippen molar-refractivity contribution in [3.8, 4) is 5.75 Å². The molecule has 2 aromatic carbocycles. The second kappa shape index (κ2) is 4.92. The minimum atomic E-state index is 0.0768. The Bertz CT molecular complexity index is 695. The third-order valence-corrected chi connectivity index (χ3v) is 4.46. The first-order valence-electron chi connectivity index (χ1n) is 7.41. The van der Waals surface area contributed by atoms with Crippen molar-refractivity contribution in [2.24, 2.45) is 0 Å². The number of carbonyl (C=O) groups excluding carboxylic acids is 1. The molecule has 21 heavy (non-hydrogen) atoms. The van der Waals surface area contributed by atoms with Crippen LogP contribution >= 0.6 is 0 Å². The van der Waals surface area contributed by atoms with E-state index in [1.165, 1.54) is 11.1 Å². The summed E-state index contributed by atoms with van der Waals surface area (Å²) < 4.78 is 5.65. The second-order valence-electron chi connectivity index (χ2n) is 5.67. The number of rotatable bonds is 1. The molecule has 1 atom stereocenters. The average molecular weight is 279 g/mol. The lowest BCUT2D eigenvalue weighted by Crippen LogP contribution is -2.35. The fourth-order valence-electron chi connectivity index (χ4n) is 3.41. The molecule has 0 saturated carbocycles. The molecule has 2 aliphatic rings. The Balaban J connectivity index is 1.70. The summed E-state index contributed by atoms with van der Waals surface area (Å²) >= 11 is 0. The molecule has 0 fully saturated rings. The lowest BCUT2D eigenvalue weighted by Gasteiger charge is -2.28. The van der Waals surface area contributed by atoms with Gasteiger partial charge in [-0.15, -0.1) is 0 Å². The molecule has 4 rings (SSSR count). The number of amides is 1. The quantitative estimate of drug-likeness (QED) is 0.803. The van der Waals surface area contributed by atoms with Crippen molar-refractivity contribution in [3.63, 3.8) is 0 Å². The van der Waals surface area contributed by atoms with Crippen molar-refractivity contribution < 1.29 is 9.53 Å². The Morgan fingerprint density at radius 2 is 1.76 bits per heavy atom. The third kappa shape index (κ3) is 2.09. The number of para-hydroxylation sites is 1. The molecule has 1 aliphatic carbocycles. The summed E-state index contributed by atoms with van der Waals surface area (Å²) in [5.41, 5.74) is 3.76. The van der Waals surface area contributed by atoms with Gasteiger partial charge in [0.25, 0.3) is 5.91 Å². The van der Waals surface area contributed by atoms with E-state index in [9.17, 15) is 4.79 Å². The highest BCUT2D eigenvalue weighted by molar-refractivity contribution is 5.79. The van der Waals surface area contributed by atoms with Crippen molar-refractivity contribution in [1.82, 2.24) is 4.90 Å². The molecule has 3 nitrogen and oxygen atoms in total. The largest absolute Gasteiger partial charge is 0.483 e. The molecule has 0 spiro atoms. The van der Waals surface area contributed by atoms with Gasteiger partial charge in [0, 0.05) is 5.56 Å². The van der Waals surface area contributed by atoms with E-state index in [0.29, 0.717) is 6.54 Å². The van der Waals surface area contributed by atoms with Crippen LogP contribution < -0.4 is 4.74 Å². The van der Waals surface area contributed by atoms with Gasteiger partial charge in [-0.05, 0) is 30.0 Å². The first-order valence-corrected chi connectivity index (χ1v) is 7.41. The van der Waals surface area contributed by atoms with Crippen LogP contribution in [0, 0.1) is 0 Å². The van der Waals surface area contributed by atoms with E-state index in [4.69, 9.17) is 4.74 Å². The standard InChI is InChI=1S/C18H17NO2/c20-18-12-21-17-8-4-2-6-14(17)11-19(18)16-10-9-13-5-1-3-7-15(13)16/h1-8,16H,9-12H2. The molecule has 1 heterocycles. The number of nitrogens with zero attached hydrogens (tertiary/aromatic N) is 1. The van der Waals surface area contributed by atoms with Gasteiger partial charge in [-0.1, -0.05) is 42.5 Å². The summed E-state index contributed by atoms with van der Waals surface area (Å²) in [6.07, 6.45) is 2.06. The molecule has 2 aromatic rings. The topological polar surface area (TPSA) is 29.5 Å². The summed E-state index contributed by atoms with van der Waals surface area (Å²) in [6.45, 7) is 0.768. The van der Waals surface area contributed by atoms with Crippen molar-refractivity contribution in [2.75, 3.05) is 6.61 Å². The number of hydrogen-bond acceptors (Lipinski definition) is 2. The molecule has 106 valence electrons. The molecule has 0 saturated heterocycles. The van der Waals surface area contributed by atoms with Gasteiger partial charge in [-0.25, -0.2) is 0 Å². The molecule has 3 heteroatoms. The SMILES string of the molecule is O=C1COc2ccccc2CN1C1CCc2ccccc21. The summed E-state index contributed by atoms with van der Waals surface area (Å²) in [7, 11) is 0. The Kier molecular flexibility index (Phi) is 2.92. The Morgan fingerprint density at radius 1 is 1.00 bits per heavy atom. The molecule has 1 amide bonds. The first kappa shape index (κ1) is 12.5. The number of ether oxygens (including phenoxy) is 1. The number of aryl methyl sites for hydroxylation is 1. The molecule has 1 aliphatic heterocycles. The normalized spacial score (nSPS) is 20.5. The van der Waals surface area contributed by atoms with Crippen molar-refractivity contribution in [2.45, 2.75) is 25.4 Å². The fourth-order valence-corrected chi connectivity index (χ4v) is 3.41. The number of fused-ring (bicyclic) bond motifs is 2. The van der Waals surface area contributed by atoms with Crippen molar-refractivity contribution in [1.29, 1.82) is 0 Å². The predicted molar refractivity (Wildman–Crippen MR) is 80.0 cm³/mol. The van der Waals surface area contributed by atoms with Crippen molar-refractivity contribution >= 4 is 5.91 Å². The minimum Gasteiger partial charge on any atom is -0.483 e. The van der Waals surface area contributed by atoms with Gasteiger partial charge in [-0.3, -0.25) is 4.79 Å². The van der Waals surface area contributed by atoms with E-state index < -0.39 is 0 Å². The first-order chi connectivity index (χ1) is 10.3. The van der Waals surface area contributed by atoms with Gasteiger partial charge in [0.1, 0.15) is 5.75 Å². The fraction of sp³-hybridized carbons (Fsp3) is 0.278. The maximum Gasteiger partial charge on any atom is 0.261 e. The van der Waals surface area contributed by atoms with Crippen LogP contribution in [0.1, 0.15) is 29.2 Å². The summed E-state index contributed by atoms with van der Waals surface area (Å²) in [5, 5.41) is 0. The molecule has 0 radical (unpaired) electrons. The lowest BCUT2D eigenvalue weighted by molar-refractivity contribution is -0.135. The van der Waals surface area contributed by atoms with E-state index in [2.05, 4.69) is 24.3 Å². The van der Waals surface area contributed by atoms with Gasteiger partial charge in [0.05, 0.1) is 12.6 Å². The average Bonchev–Trinajstić information content (AvgIpc) is 2.87. The minimum absolute atomic E-state index is 0.0768. The zero-order valence-electron chi connectivity index (χ0n) is 11.8. The molecule has 0 aromatic heterocycles. The predicted octanol–water partition coefficient (Wildman–Crippen LogP) is 3.10. The molecular formula is C18H17NO2. The third-order valence-electron chi connectivity index (χ3n) is 4.46. The lowest BCUT2D eigenvalue weighted by atomic mass is 10.1. The van der Waals surface area contributed by atoms with E-state index in [1.807, 2.05) is 29.2 Å². The number of hydrogen-bond donors (Lipinski definition) is 0. The van der Waals surface area contributed by atoms with Gasteiger partial charge < -0.3 is 9.64 Å². The highest BCUT2D eigenvalue weighted by Crippen LogP contribution is 2.38. The van der Waals surface area contributed by atoms with E-state index in [0.717, 1.165) is 24.2 Å². The summed E-state index contributed by atoms with van der Waals surface area (Å²) in [4.78, 5) is 14.5. The smallest absolute Gasteiger partial charge is 0.261 e. The Morgan fingerprint density at radius 3 is 2.67 bits per heavy atom. The van der Waals surface area contributed by atoms with E-state index in [-0.39, 0.29) is 18.6 Å². The monoisotopic (exact) mass is 279 g/mol. The van der Waals surface area contributed by atoms with Crippen LogP contribution in [-0.2, 0) is 17.8 Å². The maximum absolute atomic E-state index is 12.5. The zero-order chi connectivity index (χ0) is 14.2. The number of benzene rings is 2. The molecule has 0 bridgehead atoms. The van der Waals surface area contributed by atoms with Crippen LogP contribution in [0.15, 0.2) is 48.5 Å². The summed E-state index contributed by atoms with van der Waals surface area (Å²) in [5.74, 6) is 0.910. The zero-order valence-corrected chi connectivity index (χ0v) is 11.8. The van der Waals surface area contributed by atoms with E-state index >= 15 is 0 Å². The van der Waals surface area contributed by atoms with Crippen molar-refractivity contribution in [3.05, 3.63) is 65.2 Å². The van der Waals surface area contributed by atoms with Crippen LogP contribution in [0.3, 0.4) is 0 Å². The highest BCUT2D eigenvalue weighted by atomic mass is 16.5. The van der Waals surface area contributed by atoms with Crippen LogP contribution in [0.5, 0.6) is 5.75 Å². The maximum atomic E-state index is 12.5. The Hall–Kier alpha value is -2.29. The Labute approximate surface area is 124 Å². The van der Waals surface area contributed by atoms with Crippen LogP contribution in [0.4, 0.5) is 0 Å². The van der Waals surface area contributed by atoms with Crippen LogP contribution in [-0.4, -0.2) is 17.4 Å². The molecular weight excluding hydrogens is 262 g/mol. The molecule has 0 N–H and O–H groups in total. The van der Waals surface area contributed by atoms with Crippen LogP contribution in [0.25, 0.3) is 0 Å². The van der Waals surface area contributed by atoms with Crippen LogP contribution in [0.2, 0.25) is 0 Å².